The van der Waals surface area contributed by atoms with Crippen molar-refractivity contribution in [1.82, 2.24) is 9.88 Å². The zero-order chi connectivity index (χ0) is 20.1. The van der Waals surface area contributed by atoms with Crippen LogP contribution in [0.2, 0.25) is 10.0 Å². The van der Waals surface area contributed by atoms with Crippen molar-refractivity contribution < 1.29 is 14.7 Å². The number of carbonyl (C=O) groups is 2. The second kappa shape index (κ2) is 8.99. The van der Waals surface area contributed by atoms with Crippen LogP contribution in [0.15, 0.2) is 42.5 Å². The number of anilines is 1. The van der Waals surface area contributed by atoms with Crippen LogP contribution in [0, 0.1) is 0 Å². The van der Waals surface area contributed by atoms with Crippen molar-refractivity contribution in [3.8, 4) is 0 Å². The Hall–Kier alpha value is -2.70. The maximum Gasteiger partial charge on any atom is 0.290 e. The number of aromatic amines is 1. The van der Waals surface area contributed by atoms with Crippen molar-refractivity contribution in [2.75, 3.05) is 18.4 Å². The van der Waals surface area contributed by atoms with E-state index < -0.39 is 0 Å². The van der Waals surface area contributed by atoms with Crippen molar-refractivity contribution in [3.63, 3.8) is 0 Å². The van der Waals surface area contributed by atoms with Gasteiger partial charge in [0, 0.05) is 38.9 Å². The molecule has 146 valence electrons. The van der Waals surface area contributed by atoms with Gasteiger partial charge in [0.25, 0.3) is 6.47 Å². The molecule has 0 spiro atoms. The number of hydrogen-bond acceptors (Lipinski definition) is 3. The zero-order valence-electron chi connectivity index (χ0n) is 14.9. The van der Waals surface area contributed by atoms with Crippen LogP contribution in [0.5, 0.6) is 0 Å². The molecular weight excluding hydrogens is 401 g/mol. The molecule has 8 heteroatoms. The van der Waals surface area contributed by atoms with E-state index >= 15 is 0 Å². The lowest BCUT2D eigenvalue weighted by Gasteiger charge is -2.27. The Balaban J connectivity index is 0.000000706. The molecule has 0 saturated carbocycles. The highest BCUT2D eigenvalue weighted by Crippen LogP contribution is 2.29. The molecule has 28 heavy (non-hydrogen) atoms. The Kier molecular flexibility index (Phi) is 6.44. The number of hydrogen-bond donors (Lipinski definition) is 3. The van der Waals surface area contributed by atoms with Gasteiger partial charge in [0.1, 0.15) is 0 Å². The van der Waals surface area contributed by atoms with Gasteiger partial charge in [0.15, 0.2) is 0 Å². The summed E-state index contributed by atoms with van der Waals surface area (Å²) in [6, 6.07) is 13.2. The third kappa shape index (κ3) is 4.58. The lowest BCUT2D eigenvalue weighted by atomic mass is 10.0. The molecule has 0 radical (unpaired) electrons. The van der Waals surface area contributed by atoms with E-state index in [1.54, 1.807) is 12.1 Å². The number of carboxylic acid groups (broad SMARTS) is 1. The van der Waals surface area contributed by atoms with Crippen molar-refractivity contribution in [2.24, 2.45) is 0 Å². The summed E-state index contributed by atoms with van der Waals surface area (Å²) >= 11 is 12.0. The second-order valence-corrected chi connectivity index (χ2v) is 7.18. The van der Waals surface area contributed by atoms with Crippen molar-refractivity contribution >= 4 is 52.2 Å². The zero-order valence-corrected chi connectivity index (χ0v) is 16.4. The molecule has 3 N–H and O–H groups in total. The average Bonchev–Trinajstić information content (AvgIpc) is 3.05. The molecule has 3 aromatic rings. The number of halogens is 2. The van der Waals surface area contributed by atoms with Crippen LogP contribution in [-0.2, 0) is 22.6 Å². The number of nitrogens with zero attached hydrogens (tertiary/aromatic N) is 1. The van der Waals surface area contributed by atoms with Crippen molar-refractivity contribution in [3.05, 3.63) is 63.8 Å². The minimum atomic E-state index is -0.250. The molecule has 0 saturated heterocycles. The van der Waals surface area contributed by atoms with Gasteiger partial charge in [-0.15, -0.1) is 0 Å². The second-order valence-electron chi connectivity index (χ2n) is 6.30. The maximum atomic E-state index is 12.5. The average molecular weight is 420 g/mol. The van der Waals surface area contributed by atoms with E-state index in [2.05, 4.69) is 10.3 Å². The van der Waals surface area contributed by atoms with Gasteiger partial charge < -0.3 is 20.3 Å². The number of carbonyl (C=O) groups excluding carboxylic acids is 1. The summed E-state index contributed by atoms with van der Waals surface area (Å²) in [6.45, 7) is 1.33. The molecule has 0 bridgehead atoms. The van der Waals surface area contributed by atoms with E-state index in [1.165, 1.54) is 5.56 Å². The molecule has 0 aliphatic carbocycles. The fraction of sp³-hybridized carbons (Fsp3) is 0.200. The summed E-state index contributed by atoms with van der Waals surface area (Å²) in [7, 11) is 0. The first-order valence-electron chi connectivity index (χ1n) is 8.66. The number of benzene rings is 2. The van der Waals surface area contributed by atoms with Gasteiger partial charge in [-0.05, 0) is 54.4 Å². The van der Waals surface area contributed by atoms with Crippen LogP contribution in [0.25, 0.3) is 10.9 Å². The highest BCUT2D eigenvalue weighted by atomic mass is 35.5. The van der Waals surface area contributed by atoms with Crippen LogP contribution < -0.4 is 5.32 Å². The standard InChI is InChI=1S/C19H17Cl2N3O.CH2O2/c20-12-1-4-14(5-2-12)22-10-19(25)24-8-7-15-16-9-13(21)3-6-17(16)23-18(15)11-24;2-1-3/h1-6,9,22-23H,7-8,10-11H2;1H,(H,2,3). The Morgan fingerprint density at radius 3 is 2.57 bits per heavy atom. The first-order chi connectivity index (χ1) is 13.5. The number of fused-ring (bicyclic) bond motifs is 3. The fourth-order valence-electron chi connectivity index (χ4n) is 3.28. The molecule has 4 rings (SSSR count). The van der Waals surface area contributed by atoms with E-state index in [9.17, 15) is 4.79 Å². The summed E-state index contributed by atoms with van der Waals surface area (Å²) in [6.07, 6.45) is 0.836. The van der Waals surface area contributed by atoms with Crippen LogP contribution in [0.4, 0.5) is 5.69 Å². The Bertz CT molecular complexity index is 986. The minimum absolute atomic E-state index is 0.0808. The molecule has 0 unspecified atom stereocenters. The van der Waals surface area contributed by atoms with Crippen molar-refractivity contribution in [1.29, 1.82) is 0 Å². The molecule has 1 aliphatic rings. The molecule has 0 atom stereocenters. The predicted molar refractivity (Wildman–Crippen MR) is 111 cm³/mol. The number of nitrogens with one attached hydrogen (secondary N) is 2. The molecule has 6 nitrogen and oxygen atoms in total. The van der Waals surface area contributed by atoms with Gasteiger partial charge in [-0.3, -0.25) is 9.59 Å². The quantitative estimate of drug-likeness (QED) is 0.556. The van der Waals surface area contributed by atoms with E-state index in [0.29, 0.717) is 18.1 Å². The monoisotopic (exact) mass is 419 g/mol. The minimum Gasteiger partial charge on any atom is -0.483 e. The molecule has 2 aromatic carbocycles. The molecule has 2 heterocycles. The Labute approximate surface area is 172 Å². The number of rotatable bonds is 3. The number of amides is 1. The molecule has 1 amide bonds. The van der Waals surface area contributed by atoms with E-state index in [4.69, 9.17) is 33.1 Å². The van der Waals surface area contributed by atoms with Gasteiger partial charge in [-0.25, -0.2) is 0 Å². The van der Waals surface area contributed by atoms with Crippen LogP contribution in [0.3, 0.4) is 0 Å². The normalized spacial score (nSPS) is 12.7. The molecule has 1 aromatic heterocycles. The van der Waals surface area contributed by atoms with Crippen molar-refractivity contribution in [2.45, 2.75) is 13.0 Å². The summed E-state index contributed by atoms with van der Waals surface area (Å²) < 4.78 is 0. The highest BCUT2D eigenvalue weighted by Gasteiger charge is 2.23. The summed E-state index contributed by atoms with van der Waals surface area (Å²) in [4.78, 5) is 26.2. The molecule has 1 aliphatic heterocycles. The summed E-state index contributed by atoms with van der Waals surface area (Å²) in [5.74, 6) is 0.0808. The summed E-state index contributed by atoms with van der Waals surface area (Å²) in [5.41, 5.74) is 4.33. The highest BCUT2D eigenvalue weighted by molar-refractivity contribution is 6.31. The Morgan fingerprint density at radius 1 is 1.18 bits per heavy atom. The topological polar surface area (TPSA) is 85.4 Å². The largest absolute Gasteiger partial charge is 0.483 e. The molecule has 0 fully saturated rings. The summed E-state index contributed by atoms with van der Waals surface area (Å²) in [5, 5.41) is 12.6. The van der Waals surface area contributed by atoms with E-state index in [1.807, 2.05) is 35.2 Å². The van der Waals surface area contributed by atoms with Crippen LogP contribution in [-0.4, -0.2) is 40.5 Å². The first-order valence-corrected chi connectivity index (χ1v) is 9.41. The SMILES string of the molecule is O=C(CNc1ccc(Cl)cc1)N1CCc2c([nH]c3ccc(Cl)cc23)C1.O=CO. The first kappa shape index (κ1) is 20.0. The number of H-pyrrole nitrogens is 1. The third-order valence-corrected chi connectivity index (χ3v) is 5.07. The van der Waals surface area contributed by atoms with Gasteiger partial charge in [-0.1, -0.05) is 23.2 Å². The lowest BCUT2D eigenvalue weighted by Crippen LogP contribution is -2.39. The molecular formula is C20H19Cl2N3O3. The van der Waals surface area contributed by atoms with Gasteiger partial charge >= 0.3 is 0 Å². The van der Waals surface area contributed by atoms with Gasteiger partial charge in [-0.2, -0.15) is 0 Å². The number of aromatic nitrogens is 1. The van der Waals surface area contributed by atoms with E-state index in [0.717, 1.165) is 33.7 Å². The maximum absolute atomic E-state index is 12.5. The lowest BCUT2D eigenvalue weighted by molar-refractivity contribution is -0.130. The van der Waals surface area contributed by atoms with Gasteiger partial charge in [0.2, 0.25) is 5.91 Å². The predicted octanol–water partition coefficient (Wildman–Crippen LogP) is 4.17. The Morgan fingerprint density at radius 2 is 1.86 bits per heavy atom. The van der Waals surface area contributed by atoms with Crippen LogP contribution >= 0.6 is 23.2 Å². The van der Waals surface area contributed by atoms with E-state index in [-0.39, 0.29) is 18.9 Å². The fourth-order valence-corrected chi connectivity index (χ4v) is 3.58. The van der Waals surface area contributed by atoms with Gasteiger partial charge in [0.05, 0.1) is 13.1 Å². The third-order valence-electron chi connectivity index (χ3n) is 4.58. The smallest absolute Gasteiger partial charge is 0.290 e. The van der Waals surface area contributed by atoms with Crippen LogP contribution in [0.1, 0.15) is 11.3 Å².